The highest BCUT2D eigenvalue weighted by Gasteiger charge is 1.98. The van der Waals surface area contributed by atoms with Crippen LogP contribution in [0.15, 0.2) is 0 Å². The van der Waals surface area contributed by atoms with E-state index >= 15 is 0 Å². The highest BCUT2D eigenvalue weighted by Crippen LogP contribution is 2.17. The van der Waals surface area contributed by atoms with Gasteiger partial charge < -0.3 is 0 Å². The maximum absolute atomic E-state index is 5.44. The minimum atomic E-state index is -2.13. The molecule has 0 spiro atoms. The third kappa shape index (κ3) is 10.5. The van der Waals surface area contributed by atoms with E-state index in [2.05, 4.69) is 12.0 Å². The number of unbranched alkanes of at least 4 members (excludes halogenated alkanes) is 3. The SMILES string of the molecule is CCCCCCNP(N)(N)=S. The predicted octanol–water partition coefficient (Wildman–Crippen LogP) is 1.30. The van der Waals surface area contributed by atoms with E-state index in [9.17, 15) is 0 Å². The van der Waals surface area contributed by atoms with Crippen molar-refractivity contribution in [2.75, 3.05) is 6.54 Å². The molecule has 0 rings (SSSR count). The Morgan fingerprint density at radius 2 is 1.91 bits per heavy atom. The van der Waals surface area contributed by atoms with Crippen LogP contribution in [0.2, 0.25) is 0 Å². The van der Waals surface area contributed by atoms with Crippen molar-refractivity contribution in [3.63, 3.8) is 0 Å². The third-order valence-corrected chi connectivity index (χ3v) is 2.49. The van der Waals surface area contributed by atoms with Gasteiger partial charge in [-0.1, -0.05) is 26.2 Å². The molecular weight excluding hydrogens is 177 g/mol. The van der Waals surface area contributed by atoms with Gasteiger partial charge in [-0.15, -0.1) is 0 Å². The molecule has 0 saturated heterocycles. The van der Waals surface area contributed by atoms with Gasteiger partial charge in [-0.3, -0.25) is 16.1 Å². The lowest BCUT2D eigenvalue weighted by Gasteiger charge is -2.11. The average molecular weight is 195 g/mol. The zero-order valence-corrected chi connectivity index (χ0v) is 8.76. The van der Waals surface area contributed by atoms with Crippen molar-refractivity contribution < 1.29 is 0 Å². The van der Waals surface area contributed by atoms with Crippen molar-refractivity contribution in [3.8, 4) is 0 Å². The molecule has 0 atom stereocenters. The first-order valence-electron chi connectivity index (χ1n) is 3.98. The molecule has 0 bridgehead atoms. The summed E-state index contributed by atoms with van der Waals surface area (Å²) in [5, 5.41) is 2.96. The first kappa shape index (κ1) is 11.5. The van der Waals surface area contributed by atoms with Crippen LogP contribution in [-0.4, -0.2) is 6.54 Å². The van der Waals surface area contributed by atoms with Gasteiger partial charge in [0.05, 0.1) is 0 Å². The summed E-state index contributed by atoms with van der Waals surface area (Å²) in [6.07, 6.45) is 4.89. The molecule has 3 nitrogen and oxygen atoms in total. The minimum absolute atomic E-state index is 0.865. The third-order valence-electron chi connectivity index (χ3n) is 1.39. The quantitative estimate of drug-likeness (QED) is 0.441. The summed E-state index contributed by atoms with van der Waals surface area (Å²) in [6.45, 7) is 0.919. The Morgan fingerprint density at radius 1 is 1.27 bits per heavy atom. The Balaban J connectivity index is 3.09. The molecule has 5 N–H and O–H groups in total. The fourth-order valence-corrected chi connectivity index (χ4v) is 1.59. The van der Waals surface area contributed by atoms with Crippen LogP contribution in [0.5, 0.6) is 0 Å². The number of hydrogen-bond donors (Lipinski definition) is 3. The Kier molecular flexibility index (Phi) is 6.38. The van der Waals surface area contributed by atoms with E-state index in [1.165, 1.54) is 19.3 Å². The van der Waals surface area contributed by atoms with Gasteiger partial charge in [-0.05, 0) is 18.2 Å². The van der Waals surface area contributed by atoms with Crippen LogP contribution >= 0.6 is 6.49 Å². The van der Waals surface area contributed by atoms with Crippen molar-refractivity contribution >= 4 is 18.3 Å². The van der Waals surface area contributed by atoms with Crippen LogP contribution in [0.3, 0.4) is 0 Å². The molecule has 0 saturated carbocycles. The number of nitrogens with one attached hydrogen (secondary N) is 1. The summed E-state index contributed by atoms with van der Waals surface area (Å²) in [5.41, 5.74) is 10.9. The zero-order valence-electron chi connectivity index (χ0n) is 7.05. The van der Waals surface area contributed by atoms with E-state index in [4.69, 9.17) is 22.8 Å². The number of hydrogen-bond acceptors (Lipinski definition) is 1. The highest BCUT2D eigenvalue weighted by atomic mass is 32.4. The summed E-state index contributed by atoms with van der Waals surface area (Å²) in [4.78, 5) is 0. The molecule has 0 heterocycles. The van der Waals surface area contributed by atoms with Crippen molar-refractivity contribution in [1.82, 2.24) is 5.09 Å². The highest BCUT2D eigenvalue weighted by molar-refractivity contribution is 8.11. The smallest absolute Gasteiger partial charge is 0.132 e. The predicted molar refractivity (Wildman–Crippen MR) is 54.8 cm³/mol. The molecule has 68 valence electrons. The maximum atomic E-state index is 5.44. The molecule has 0 aromatic heterocycles. The van der Waals surface area contributed by atoms with Crippen LogP contribution in [0, 0.1) is 0 Å². The van der Waals surface area contributed by atoms with Gasteiger partial charge in [-0.2, -0.15) is 0 Å². The molecule has 0 aliphatic heterocycles. The normalized spacial score (nSPS) is 11.9. The van der Waals surface area contributed by atoms with Crippen molar-refractivity contribution in [1.29, 1.82) is 0 Å². The average Bonchev–Trinajstić information content (AvgIpc) is 1.85. The van der Waals surface area contributed by atoms with E-state index in [0.717, 1.165) is 13.0 Å². The van der Waals surface area contributed by atoms with Crippen LogP contribution < -0.4 is 16.1 Å². The first-order valence-corrected chi connectivity index (χ1v) is 6.92. The second-order valence-electron chi connectivity index (χ2n) is 2.68. The van der Waals surface area contributed by atoms with E-state index in [0.29, 0.717) is 0 Å². The summed E-state index contributed by atoms with van der Waals surface area (Å²) in [6, 6.07) is 0. The lowest BCUT2D eigenvalue weighted by molar-refractivity contribution is 0.660. The molecule has 0 fully saturated rings. The Labute approximate surface area is 74.1 Å². The van der Waals surface area contributed by atoms with E-state index in [1.54, 1.807) is 0 Å². The molecule has 0 aliphatic rings. The summed E-state index contributed by atoms with van der Waals surface area (Å²) < 4.78 is 0. The minimum Gasteiger partial charge on any atom is -0.280 e. The van der Waals surface area contributed by atoms with Crippen molar-refractivity contribution in [2.45, 2.75) is 32.6 Å². The molecule has 0 unspecified atom stereocenters. The number of nitrogens with two attached hydrogens (primary N) is 2. The van der Waals surface area contributed by atoms with Crippen LogP contribution in [0.1, 0.15) is 32.6 Å². The molecule has 11 heavy (non-hydrogen) atoms. The molecule has 0 aromatic carbocycles. The monoisotopic (exact) mass is 195 g/mol. The van der Waals surface area contributed by atoms with E-state index in [1.807, 2.05) is 0 Å². The Hall–Kier alpha value is 0.530. The number of rotatable bonds is 6. The van der Waals surface area contributed by atoms with E-state index < -0.39 is 6.49 Å². The maximum Gasteiger partial charge on any atom is 0.132 e. The second kappa shape index (κ2) is 6.09. The standard InChI is InChI=1S/C6H18N3PS/c1-2-3-4-5-6-9-10(7,8)11/h2-6H2,1H3,(H5,7,8,9,11). The lowest BCUT2D eigenvalue weighted by Crippen LogP contribution is -2.22. The first-order chi connectivity index (χ1) is 5.06. The summed E-state index contributed by atoms with van der Waals surface area (Å²) in [7, 11) is 0. The molecule has 0 aliphatic carbocycles. The lowest BCUT2D eigenvalue weighted by atomic mass is 10.2. The van der Waals surface area contributed by atoms with Gasteiger partial charge in [0, 0.05) is 6.54 Å². The topological polar surface area (TPSA) is 64.1 Å². The molecular formula is C6H18N3PS. The van der Waals surface area contributed by atoms with Crippen LogP contribution in [-0.2, 0) is 11.8 Å². The molecule has 0 amide bonds. The fraction of sp³-hybridized carbons (Fsp3) is 1.00. The van der Waals surface area contributed by atoms with Gasteiger partial charge >= 0.3 is 0 Å². The van der Waals surface area contributed by atoms with Gasteiger partial charge in [0.15, 0.2) is 0 Å². The zero-order chi connectivity index (χ0) is 8.74. The van der Waals surface area contributed by atoms with Crippen molar-refractivity contribution in [3.05, 3.63) is 0 Å². The Morgan fingerprint density at radius 3 is 2.36 bits per heavy atom. The summed E-state index contributed by atoms with van der Waals surface area (Å²) in [5.74, 6) is 0. The van der Waals surface area contributed by atoms with Gasteiger partial charge in [0.2, 0.25) is 0 Å². The molecule has 5 heteroatoms. The van der Waals surface area contributed by atoms with E-state index in [-0.39, 0.29) is 0 Å². The fourth-order valence-electron chi connectivity index (χ4n) is 0.806. The summed E-state index contributed by atoms with van der Waals surface area (Å²) >= 11 is 4.82. The van der Waals surface area contributed by atoms with Gasteiger partial charge in [0.25, 0.3) is 0 Å². The molecule has 0 radical (unpaired) electrons. The Bertz CT molecular complexity index is 134. The molecule has 0 aromatic rings. The van der Waals surface area contributed by atoms with Crippen LogP contribution in [0.4, 0.5) is 0 Å². The van der Waals surface area contributed by atoms with Crippen molar-refractivity contribution in [2.24, 2.45) is 11.0 Å². The van der Waals surface area contributed by atoms with Gasteiger partial charge in [-0.25, -0.2) is 0 Å². The second-order valence-corrected chi connectivity index (χ2v) is 6.23. The largest absolute Gasteiger partial charge is 0.280 e. The van der Waals surface area contributed by atoms with Gasteiger partial charge in [0.1, 0.15) is 6.49 Å². The van der Waals surface area contributed by atoms with Crippen LogP contribution in [0.25, 0.3) is 0 Å².